The quantitative estimate of drug-likeness (QED) is 0.299. The van der Waals surface area contributed by atoms with Crippen LogP contribution in [-0.4, -0.2) is 63.9 Å². The van der Waals surface area contributed by atoms with Gasteiger partial charge in [-0.05, 0) is 18.9 Å². The molecule has 0 heterocycles. The minimum atomic E-state index is -1.56. The second kappa shape index (κ2) is 9.72. The number of aliphatic hydroxyl groups excluding tert-OH is 2. The number of aliphatic carboxylic acids is 1. The van der Waals surface area contributed by atoms with E-state index in [0.29, 0.717) is 0 Å². The monoisotopic (exact) mass is 353 g/mol. The molecule has 1 aromatic carbocycles. The van der Waals surface area contributed by atoms with Crippen LogP contribution in [0.2, 0.25) is 0 Å². The number of rotatable bonds is 9. The number of carbonyl (C=O) groups excluding carboxylic acids is 2. The molecule has 1 aromatic rings. The highest BCUT2D eigenvalue weighted by molar-refractivity contribution is 5.92. The number of amides is 2. The van der Waals surface area contributed by atoms with Crippen LogP contribution < -0.4 is 16.4 Å². The van der Waals surface area contributed by atoms with Gasteiger partial charge in [-0.2, -0.15) is 0 Å². The smallest absolute Gasteiger partial charge is 0.328 e. The Bertz CT molecular complexity index is 593. The molecule has 0 aromatic heterocycles. The van der Waals surface area contributed by atoms with Crippen molar-refractivity contribution in [3.8, 4) is 0 Å². The fourth-order valence-corrected chi connectivity index (χ4v) is 2.08. The third-order valence-corrected chi connectivity index (χ3v) is 3.50. The van der Waals surface area contributed by atoms with Gasteiger partial charge >= 0.3 is 5.97 Å². The second-order valence-electron chi connectivity index (χ2n) is 5.61. The van der Waals surface area contributed by atoms with E-state index in [1.807, 2.05) is 6.07 Å². The lowest BCUT2D eigenvalue weighted by molar-refractivity contribution is -0.145. The predicted octanol–water partition coefficient (Wildman–Crippen LogP) is -2.02. The molecule has 0 radical (unpaired) electrons. The van der Waals surface area contributed by atoms with Crippen LogP contribution in [0.3, 0.4) is 0 Å². The summed E-state index contributed by atoms with van der Waals surface area (Å²) in [5.41, 5.74) is 6.62. The first kappa shape index (κ1) is 20.6. The summed E-state index contributed by atoms with van der Waals surface area (Å²) in [7, 11) is 0. The minimum absolute atomic E-state index is 0.234. The lowest BCUT2D eigenvalue weighted by Crippen LogP contribution is -2.57. The summed E-state index contributed by atoms with van der Waals surface area (Å²) in [6.07, 6.45) is -1.12. The van der Waals surface area contributed by atoms with Crippen LogP contribution in [0.25, 0.3) is 0 Å². The van der Waals surface area contributed by atoms with Crippen molar-refractivity contribution in [2.24, 2.45) is 5.73 Å². The zero-order chi connectivity index (χ0) is 19.0. The number of hydrogen-bond donors (Lipinski definition) is 6. The number of aliphatic hydroxyl groups is 2. The molecule has 0 saturated carbocycles. The number of carbonyl (C=O) groups is 3. The van der Waals surface area contributed by atoms with Crippen molar-refractivity contribution >= 4 is 17.8 Å². The van der Waals surface area contributed by atoms with Crippen LogP contribution in [0.1, 0.15) is 12.5 Å². The number of nitrogens with one attached hydrogen (secondary N) is 2. The summed E-state index contributed by atoms with van der Waals surface area (Å²) in [5.74, 6) is -3.04. The van der Waals surface area contributed by atoms with Gasteiger partial charge in [0.05, 0.1) is 18.8 Å². The fourth-order valence-electron chi connectivity index (χ4n) is 2.08. The molecule has 25 heavy (non-hydrogen) atoms. The van der Waals surface area contributed by atoms with Crippen molar-refractivity contribution in [3.63, 3.8) is 0 Å². The molecule has 2 amide bonds. The standard InChI is InChI=1S/C16H23N3O6/c1-9(21)13(16(24)25)19-15(23)12(8-20)18-14(22)11(17)7-10-5-3-2-4-6-10/h2-6,9,11-13,20-21H,7-8,17H2,1H3,(H,18,22)(H,19,23)(H,24,25)/t9-,11+,12+,13+/m1/s1. The van der Waals surface area contributed by atoms with Crippen LogP contribution in [0.4, 0.5) is 0 Å². The SMILES string of the molecule is C[C@@H](O)[C@H](NC(=O)[C@H](CO)NC(=O)[C@@H](N)Cc1ccccc1)C(=O)O. The molecule has 0 unspecified atom stereocenters. The molecule has 0 spiro atoms. The largest absolute Gasteiger partial charge is 0.480 e. The number of carboxylic acid groups (broad SMARTS) is 1. The van der Waals surface area contributed by atoms with E-state index < -0.39 is 48.6 Å². The first-order chi connectivity index (χ1) is 11.8. The highest BCUT2D eigenvalue weighted by atomic mass is 16.4. The first-order valence-corrected chi connectivity index (χ1v) is 7.68. The molecular formula is C16H23N3O6. The van der Waals surface area contributed by atoms with E-state index in [0.717, 1.165) is 5.56 Å². The topological polar surface area (TPSA) is 162 Å². The molecule has 0 saturated heterocycles. The van der Waals surface area contributed by atoms with E-state index in [4.69, 9.17) is 10.8 Å². The Labute approximate surface area is 144 Å². The van der Waals surface area contributed by atoms with E-state index >= 15 is 0 Å². The molecule has 9 nitrogen and oxygen atoms in total. The molecule has 0 fully saturated rings. The Hall–Kier alpha value is -2.49. The maximum Gasteiger partial charge on any atom is 0.328 e. The molecule has 0 aliphatic rings. The van der Waals surface area contributed by atoms with Crippen molar-refractivity contribution in [2.75, 3.05) is 6.61 Å². The average molecular weight is 353 g/mol. The van der Waals surface area contributed by atoms with Crippen molar-refractivity contribution in [3.05, 3.63) is 35.9 Å². The van der Waals surface area contributed by atoms with Crippen molar-refractivity contribution in [1.82, 2.24) is 10.6 Å². The molecule has 1 rings (SSSR count). The van der Waals surface area contributed by atoms with Gasteiger partial charge in [0.2, 0.25) is 11.8 Å². The molecular weight excluding hydrogens is 330 g/mol. The summed E-state index contributed by atoms with van der Waals surface area (Å²) in [6.45, 7) is 0.448. The van der Waals surface area contributed by atoms with E-state index in [9.17, 15) is 24.6 Å². The van der Waals surface area contributed by atoms with E-state index in [2.05, 4.69) is 10.6 Å². The van der Waals surface area contributed by atoms with Gasteiger partial charge in [-0.15, -0.1) is 0 Å². The number of nitrogens with two attached hydrogens (primary N) is 1. The first-order valence-electron chi connectivity index (χ1n) is 7.68. The van der Waals surface area contributed by atoms with Gasteiger partial charge in [0.15, 0.2) is 6.04 Å². The zero-order valence-electron chi connectivity index (χ0n) is 13.8. The lowest BCUT2D eigenvalue weighted by Gasteiger charge is -2.22. The summed E-state index contributed by atoms with van der Waals surface area (Å²) in [4.78, 5) is 35.1. The molecule has 4 atom stereocenters. The molecule has 9 heteroatoms. The van der Waals surface area contributed by atoms with Gasteiger partial charge in [-0.25, -0.2) is 4.79 Å². The van der Waals surface area contributed by atoms with Crippen LogP contribution in [-0.2, 0) is 20.8 Å². The maximum atomic E-state index is 12.1. The Morgan fingerprint density at radius 2 is 1.72 bits per heavy atom. The third-order valence-electron chi connectivity index (χ3n) is 3.50. The third kappa shape index (κ3) is 6.49. The highest BCUT2D eigenvalue weighted by Crippen LogP contribution is 2.02. The van der Waals surface area contributed by atoms with Crippen LogP contribution in [0.15, 0.2) is 30.3 Å². The average Bonchev–Trinajstić information content (AvgIpc) is 2.57. The minimum Gasteiger partial charge on any atom is -0.480 e. The van der Waals surface area contributed by atoms with Gasteiger partial charge in [0, 0.05) is 0 Å². The summed E-state index contributed by atoms with van der Waals surface area (Å²) in [5, 5.41) is 31.9. The predicted molar refractivity (Wildman–Crippen MR) is 88.4 cm³/mol. The van der Waals surface area contributed by atoms with E-state index in [1.165, 1.54) is 6.92 Å². The van der Waals surface area contributed by atoms with Gasteiger partial charge in [0.25, 0.3) is 0 Å². The van der Waals surface area contributed by atoms with Crippen molar-refractivity contribution in [2.45, 2.75) is 37.6 Å². The number of hydrogen-bond acceptors (Lipinski definition) is 6. The fraction of sp³-hybridized carbons (Fsp3) is 0.438. The number of carboxylic acids is 1. The number of benzene rings is 1. The lowest BCUT2D eigenvalue weighted by atomic mass is 10.1. The highest BCUT2D eigenvalue weighted by Gasteiger charge is 2.30. The molecule has 0 bridgehead atoms. The van der Waals surface area contributed by atoms with Gasteiger partial charge < -0.3 is 31.7 Å². The molecule has 0 aliphatic heterocycles. The second-order valence-corrected chi connectivity index (χ2v) is 5.61. The van der Waals surface area contributed by atoms with Gasteiger partial charge in [0.1, 0.15) is 6.04 Å². The summed E-state index contributed by atoms with van der Waals surface area (Å²) < 4.78 is 0. The van der Waals surface area contributed by atoms with Crippen molar-refractivity contribution in [1.29, 1.82) is 0 Å². The summed E-state index contributed by atoms with van der Waals surface area (Å²) >= 11 is 0. The van der Waals surface area contributed by atoms with E-state index in [1.54, 1.807) is 24.3 Å². The maximum absolute atomic E-state index is 12.1. The Kier molecular flexibility index (Phi) is 7.99. The van der Waals surface area contributed by atoms with E-state index in [-0.39, 0.29) is 6.42 Å². The molecule has 138 valence electrons. The van der Waals surface area contributed by atoms with Gasteiger partial charge in [-0.1, -0.05) is 30.3 Å². The Balaban J connectivity index is 2.65. The molecule has 0 aliphatic carbocycles. The molecule has 7 N–H and O–H groups in total. The van der Waals surface area contributed by atoms with Crippen LogP contribution in [0.5, 0.6) is 0 Å². The Morgan fingerprint density at radius 1 is 1.12 bits per heavy atom. The summed E-state index contributed by atoms with van der Waals surface area (Å²) in [6, 6.07) is 5.12. The van der Waals surface area contributed by atoms with Crippen LogP contribution in [0, 0.1) is 0 Å². The Morgan fingerprint density at radius 3 is 2.20 bits per heavy atom. The zero-order valence-corrected chi connectivity index (χ0v) is 13.8. The van der Waals surface area contributed by atoms with Crippen LogP contribution >= 0.6 is 0 Å². The van der Waals surface area contributed by atoms with Crippen molar-refractivity contribution < 1.29 is 29.7 Å². The van der Waals surface area contributed by atoms with Gasteiger partial charge in [-0.3, -0.25) is 9.59 Å². The normalized spacial score (nSPS) is 15.5.